The highest BCUT2D eigenvalue weighted by molar-refractivity contribution is 6.62. The van der Waals surface area contributed by atoms with Crippen LogP contribution in [-0.2, 0) is 18.6 Å². The molecule has 9 heteroatoms. The zero-order chi connectivity index (χ0) is 29.9. The Morgan fingerprint density at radius 3 is 1.00 bits per heavy atom. The Hall–Kier alpha value is -3.36. The fourth-order valence-corrected chi connectivity index (χ4v) is 4.89. The van der Waals surface area contributed by atoms with Gasteiger partial charge in [0, 0.05) is 16.7 Å². The van der Waals surface area contributed by atoms with E-state index in [9.17, 15) is 0 Å². The normalized spacial score (nSPS) is 20.2. The second-order valence-electron chi connectivity index (χ2n) is 13.1. The van der Waals surface area contributed by atoms with E-state index in [1.165, 1.54) is 0 Å². The molecule has 214 valence electrons. The van der Waals surface area contributed by atoms with Gasteiger partial charge in [0.15, 0.2) is 17.5 Å². The average Bonchev–Trinajstić information content (AvgIpc) is 3.32. The summed E-state index contributed by atoms with van der Waals surface area (Å²) < 4.78 is 24.9. The van der Waals surface area contributed by atoms with Crippen molar-refractivity contribution in [1.82, 2.24) is 15.0 Å². The molecule has 2 fully saturated rings. The van der Waals surface area contributed by atoms with Crippen LogP contribution in [-0.4, -0.2) is 51.6 Å². The fourth-order valence-electron chi connectivity index (χ4n) is 4.89. The molecule has 7 nitrogen and oxygen atoms in total. The molecule has 1 aromatic heterocycles. The molecule has 2 aliphatic heterocycles. The SMILES string of the molecule is CC1(C)OB(c2ccc(-c3nc(-c4ccccc4)nc(-c4ccc(B5OC(C)(C)C(C)(C)O5)cc4)n3)cc2)OC1(C)C. The van der Waals surface area contributed by atoms with Gasteiger partial charge in [-0.3, -0.25) is 0 Å². The first-order valence-electron chi connectivity index (χ1n) is 14.5. The van der Waals surface area contributed by atoms with Crippen molar-refractivity contribution in [3.63, 3.8) is 0 Å². The van der Waals surface area contributed by atoms with E-state index in [4.69, 9.17) is 33.6 Å². The highest BCUT2D eigenvalue weighted by Gasteiger charge is 2.52. The Labute approximate surface area is 249 Å². The van der Waals surface area contributed by atoms with Gasteiger partial charge in [0.1, 0.15) is 0 Å². The molecule has 0 unspecified atom stereocenters. The second kappa shape index (κ2) is 10.1. The molecule has 42 heavy (non-hydrogen) atoms. The van der Waals surface area contributed by atoms with E-state index >= 15 is 0 Å². The molecule has 6 rings (SSSR count). The average molecular weight is 561 g/mol. The van der Waals surface area contributed by atoms with Gasteiger partial charge in [0.2, 0.25) is 0 Å². The third kappa shape index (κ3) is 5.20. The van der Waals surface area contributed by atoms with Crippen LogP contribution < -0.4 is 10.9 Å². The summed E-state index contributed by atoms with van der Waals surface area (Å²) in [6.07, 6.45) is 0. The standard InChI is InChI=1S/C33H37B2N3O4/c1-30(2)31(3,4)40-34(39-30)25-18-14-23(15-19-25)28-36-27(22-12-10-9-11-13-22)37-29(38-28)24-16-20-26(21-17-24)35-41-32(5,6)33(7,8)42-35/h9-21H,1-8H3. The van der Waals surface area contributed by atoms with Gasteiger partial charge in [-0.1, -0.05) is 78.9 Å². The van der Waals surface area contributed by atoms with Crippen molar-refractivity contribution in [3.8, 4) is 34.2 Å². The van der Waals surface area contributed by atoms with E-state index in [1.807, 2.05) is 78.9 Å². The van der Waals surface area contributed by atoms with Crippen molar-refractivity contribution in [3.05, 3.63) is 78.9 Å². The van der Waals surface area contributed by atoms with Gasteiger partial charge in [0.05, 0.1) is 22.4 Å². The van der Waals surface area contributed by atoms with Crippen LogP contribution in [0.5, 0.6) is 0 Å². The van der Waals surface area contributed by atoms with E-state index in [1.54, 1.807) is 0 Å². The topological polar surface area (TPSA) is 75.6 Å². The number of aromatic nitrogens is 3. The minimum Gasteiger partial charge on any atom is -0.399 e. The maximum absolute atomic E-state index is 6.24. The summed E-state index contributed by atoms with van der Waals surface area (Å²) in [5.41, 5.74) is 2.98. The van der Waals surface area contributed by atoms with Gasteiger partial charge in [0.25, 0.3) is 0 Å². The first-order chi connectivity index (χ1) is 19.7. The predicted molar refractivity (Wildman–Crippen MR) is 168 cm³/mol. The summed E-state index contributed by atoms with van der Waals surface area (Å²) in [4.78, 5) is 14.6. The summed E-state index contributed by atoms with van der Waals surface area (Å²) in [5, 5.41) is 0. The summed E-state index contributed by atoms with van der Waals surface area (Å²) in [7, 11) is -0.860. The van der Waals surface area contributed by atoms with Gasteiger partial charge >= 0.3 is 14.2 Å². The molecule has 0 radical (unpaired) electrons. The Morgan fingerprint density at radius 1 is 0.405 bits per heavy atom. The summed E-state index contributed by atoms with van der Waals surface area (Å²) >= 11 is 0. The Morgan fingerprint density at radius 2 is 0.690 bits per heavy atom. The lowest BCUT2D eigenvalue weighted by molar-refractivity contribution is 0.00578. The number of rotatable bonds is 5. The van der Waals surface area contributed by atoms with E-state index in [0.717, 1.165) is 27.6 Å². The maximum atomic E-state index is 6.24. The molecule has 0 atom stereocenters. The van der Waals surface area contributed by atoms with Crippen LogP contribution in [0.2, 0.25) is 0 Å². The number of hydrogen-bond donors (Lipinski definition) is 0. The largest absolute Gasteiger partial charge is 0.494 e. The van der Waals surface area contributed by atoms with Gasteiger partial charge in [-0.05, 0) is 66.3 Å². The summed E-state index contributed by atoms with van der Waals surface area (Å²) in [5.74, 6) is 1.80. The fraction of sp³-hybridized carbons (Fsp3) is 0.364. The quantitative estimate of drug-likeness (QED) is 0.299. The Balaban J connectivity index is 1.32. The van der Waals surface area contributed by atoms with Crippen molar-refractivity contribution >= 4 is 25.2 Å². The smallest absolute Gasteiger partial charge is 0.399 e. The molecule has 2 aliphatic rings. The molecular weight excluding hydrogens is 524 g/mol. The van der Waals surface area contributed by atoms with Gasteiger partial charge < -0.3 is 18.6 Å². The van der Waals surface area contributed by atoms with Crippen molar-refractivity contribution in [2.24, 2.45) is 0 Å². The molecular formula is C33H37B2N3O4. The first kappa shape index (κ1) is 28.7. The van der Waals surface area contributed by atoms with Crippen LogP contribution in [0.4, 0.5) is 0 Å². The van der Waals surface area contributed by atoms with E-state index in [-0.39, 0.29) is 0 Å². The molecule has 3 aromatic carbocycles. The highest BCUT2D eigenvalue weighted by Crippen LogP contribution is 2.37. The minimum atomic E-state index is -0.430. The number of benzene rings is 3. The second-order valence-corrected chi connectivity index (χ2v) is 13.1. The summed E-state index contributed by atoms with van der Waals surface area (Å²) in [6, 6.07) is 26.1. The molecule has 3 heterocycles. The van der Waals surface area contributed by atoms with Gasteiger partial charge in [-0.25, -0.2) is 15.0 Å². The van der Waals surface area contributed by atoms with Crippen LogP contribution in [0.3, 0.4) is 0 Å². The minimum absolute atomic E-state index is 0.401. The molecule has 4 aromatic rings. The first-order valence-corrected chi connectivity index (χ1v) is 14.5. The zero-order valence-corrected chi connectivity index (χ0v) is 25.6. The molecule has 2 saturated heterocycles. The van der Waals surface area contributed by atoms with Crippen LogP contribution in [0.1, 0.15) is 55.4 Å². The van der Waals surface area contributed by atoms with Crippen molar-refractivity contribution in [2.75, 3.05) is 0 Å². The monoisotopic (exact) mass is 561 g/mol. The van der Waals surface area contributed by atoms with Crippen LogP contribution >= 0.6 is 0 Å². The van der Waals surface area contributed by atoms with Crippen molar-refractivity contribution in [2.45, 2.75) is 77.8 Å². The number of nitrogens with zero attached hydrogens (tertiary/aromatic N) is 3. The van der Waals surface area contributed by atoms with E-state index < -0.39 is 36.6 Å². The lowest BCUT2D eigenvalue weighted by Gasteiger charge is -2.32. The van der Waals surface area contributed by atoms with E-state index in [2.05, 4.69) is 55.4 Å². The lowest BCUT2D eigenvalue weighted by Crippen LogP contribution is -2.41. The third-order valence-corrected chi connectivity index (χ3v) is 9.06. The van der Waals surface area contributed by atoms with E-state index in [0.29, 0.717) is 17.5 Å². The Bertz CT molecular complexity index is 1460. The maximum Gasteiger partial charge on any atom is 0.494 e. The van der Waals surface area contributed by atoms with Crippen LogP contribution in [0.25, 0.3) is 34.2 Å². The van der Waals surface area contributed by atoms with Crippen molar-refractivity contribution in [1.29, 1.82) is 0 Å². The highest BCUT2D eigenvalue weighted by atomic mass is 16.7. The van der Waals surface area contributed by atoms with Gasteiger partial charge in [-0.2, -0.15) is 0 Å². The molecule has 0 bridgehead atoms. The van der Waals surface area contributed by atoms with Gasteiger partial charge in [-0.15, -0.1) is 0 Å². The molecule has 0 aliphatic carbocycles. The van der Waals surface area contributed by atoms with Crippen LogP contribution in [0.15, 0.2) is 78.9 Å². The van der Waals surface area contributed by atoms with Crippen LogP contribution in [0, 0.1) is 0 Å². The molecule has 0 N–H and O–H groups in total. The lowest BCUT2D eigenvalue weighted by atomic mass is 9.79. The Kier molecular flexibility index (Phi) is 6.93. The predicted octanol–water partition coefficient (Wildman–Crippen LogP) is 5.47. The zero-order valence-electron chi connectivity index (χ0n) is 25.6. The molecule has 0 amide bonds. The molecule has 0 saturated carbocycles. The third-order valence-electron chi connectivity index (χ3n) is 9.06. The molecule has 0 spiro atoms. The van der Waals surface area contributed by atoms with Crippen molar-refractivity contribution < 1.29 is 18.6 Å². The summed E-state index contributed by atoms with van der Waals surface area (Å²) in [6.45, 7) is 16.5. The number of hydrogen-bond acceptors (Lipinski definition) is 7.